The van der Waals surface area contributed by atoms with E-state index in [-0.39, 0.29) is 23.8 Å². The van der Waals surface area contributed by atoms with E-state index in [1.165, 1.54) is 11.3 Å². The van der Waals surface area contributed by atoms with E-state index in [4.69, 9.17) is 23.2 Å². The first-order valence-corrected chi connectivity index (χ1v) is 7.56. The molecule has 0 atom stereocenters. The van der Waals surface area contributed by atoms with E-state index in [9.17, 15) is 9.90 Å². The second-order valence-corrected chi connectivity index (χ2v) is 6.41. The number of thiophene rings is 1. The summed E-state index contributed by atoms with van der Waals surface area (Å²) in [5.74, 6) is -0.148. The first-order valence-electron chi connectivity index (χ1n) is 5.77. The molecular formula is C12H15Cl2NO2S. The summed E-state index contributed by atoms with van der Waals surface area (Å²) in [4.78, 5) is 14.5. The lowest BCUT2D eigenvalue weighted by Gasteiger charge is -2.26. The van der Waals surface area contributed by atoms with Crippen LogP contribution in [0.3, 0.4) is 0 Å². The maximum atomic E-state index is 11.8. The van der Waals surface area contributed by atoms with Crippen LogP contribution in [0.25, 0.3) is 0 Å². The molecule has 1 aromatic heterocycles. The maximum Gasteiger partial charge on any atom is 0.237 e. The first-order chi connectivity index (χ1) is 8.60. The van der Waals surface area contributed by atoms with Crippen molar-refractivity contribution in [2.75, 3.05) is 19.0 Å². The molecule has 2 rings (SSSR count). The van der Waals surface area contributed by atoms with Gasteiger partial charge in [-0.25, -0.2) is 0 Å². The van der Waals surface area contributed by atoms with Gasteiger partial charge in [-0.1, -0.05) is 11.6 Å². The van der Waals surface area contributed by atoms with Crippen molar-refractivity contribution < 1.29 is 9.90 Å². The number of rotatable bonds is 6. The summed E-state index contributed by atoms with van der Waals surface area (Å²) in [5, 5.41) is 11.9. The Bertz CT molecular complexity index is 431. The second-order valence-electron chi connectivity index (χ2n) is 4.73. The van der Waals surface area contributed by atoms with E-state index < -0.39 is 0 Å². The Kier molecular flexibility index (Phi) is 4.54. The van der Waals surface area contributed by atoms with E-state index >= 15 is 0 Å². The van der Waals surface area contributed by atoms with Gasteiger partial charge in [0.25, 0.3) is 0 Å². The summed E-state index contributed by atoms with van der Waals surface area (Å²) in [6, 6.07) is 1.82. The number of carbonyl (C=O) groups excluding carboxylic acids is 1. The SMILES string of the molecule is O=C(CCl)N(Cc1sccc1Cl)CC1(CO)CC1. The molecule has 100 valence electrons. The smallest absolute Gasteiger partial charge is 0.237 e. The van der Waals surface area contributed by atoms with Crippen molar-refractivity contribution in [1.82, 2.24) is 4.90 Å². The third-order valence-corrected chi connectivity index (χ3v) is 4.91. The maximum absolute atomic E-state index is 11.8. The molecule has 1 amide bonds. The largest absolute Gasteiger partial charge is 0.396 e. The van der Waals surface area contributed by atoms with E-state index in [0.29, 0.717) is 18.1 Å². The molecule has 6 heteroatoms. The number of nitrogens with zero attached hydrogens (tertiary/aromatic N) is 1. The van der Waals surface area contributed by atoms with Crippen LogP contribution < -0.4 is 0 Å². The van der Waals surface area contributed by atoms with Crippen molar-refractivity contribution in [1.29, 1.82) is 0 Å². The zero-order chi connectivity index (χ0) is 13.2. The Morgan fingerprint density at radius 1 is 1.56 bits per heavy atom. The molecule has 0 aliphatic heterocycles. The van der Waals surface area contributed by atoms with Gasteiger partial charge in [-0.2, -0.15) is 0 Å². The van der Waals surface area contributed by atoms with Crippen LogP contribution in [0.4, 0.5) is 0 Å². The summed E-state index contributed by atoms with van der Waals surface area (Å²) < 4.78 is 0. The van der Waals surface area contributed by atoms with Crippen LogP contribution in [-0.4, -0.2) is 34.9 Å². The minimum absolute atomic E-state index is 0.0372. The number of amides is 1. The van der Waals surface area contributed by atoms with Crippen molar-refractivity contribution in [3.05, 3.63) is 21.3 Å². The number of hydrogen-bond donors (Lipinski definition) is 1. The van der Waals surface area contributed by atoms with Crippen LogP contribution in [0.5, 0.6) is 0 Å². The molecule has 0 unspecified atom stereocenters. The van der Waals surface area contributed by atoms with Gasteiger partial charge >= 0.3 is 0 Å². The average molecular weight is 308 g/mol. The number of hydrogen-bond acceptors (Lipinski definition) is 3. The fourth-order valence-corrected chi connectivity index (χ4v) is 3.16. The number of aliphatic hydroxyl groups excluding tert-OH is 1. The number of alkyl halides is 1. The molecule has 1 saturated carbocycles. The predicted molar refractivity (Wildman–Crippen MR) is 74.2 cm³/mol. The van der Waals surface area contributed by atoms with E-state index in [2.05, 4.69) is 0 Å². The van der Waals surface area contributed by atoms with Crippen molar-refractivity contribution in [2.45, 2.75) is 19.4 Å². The summed E-state index contributed by atoms with van der Waals surface area (Å²) in [6.45, 7) is 1.16. The number of halogens is 2. The molecule has 1 aliphatic rings. The Morgan fingerprint density at radius 3 is 2.72 bits per heavy atom. The lowest BCUT2D eigenvalue weighted by Crippen LogP contribution is -2.37. The highest BCUT2D eigenvalue weighted by atomic mass is 35.5. The molecule has 1 aromatic rings. The highest BCUT2D eigenvalue weighted by Crippen LogP contribution is 2.46. The molecule has 1 N–H and O–H groups in total. The van der Waals surface area contributed by atoms with Gasteiger partial charge in [0, 0.05) is 16.8 Å². The van der Waals surface area contributed by atoms with Crippen molar-refractivity contribution in [3.8, 4) is 0 Å². The average Bonchev–Trinajstić information content (AvgIpc) is 3.05. The normalized spacial score (nSPS) is 16.6. The van der Waals surface area contributed by atoms with E-state index in [1.54, 1.807) is 4.90 Å². The van der Waals surface area contributed by atoms with Gasteiger partial charge in [-0.15, -0.1) is 22.9 Å². The third-order valence-electron chi connectivity index (χ3n) is 3.31. The third kappa shape index (κ3) is 3.18. The Morgan fingerprint density at radius 2 is 2.28 bits per heavy atom. The lowest BCUT2D eigenvalue weighted by atomic mass is 10.1. The molecule has 1 aliphatic carbocycles. The summed E-state index contributed by atoms with van der Waals surface area (Å²) in [7, 11) is 0. The molecule has 0 spiro atoms. The zero-order valence-electron chi connectivity index (χ0n) is 9.86. The fourth-order valence-electron chi connectivity index (χ4n) is 1.88. The molecule has 0 bridgehead atoms. The van der Waals surface area contributed by atoms with Crippen LogP contribution in [0.1, 0.15) is 17.7 Å². The van der Waals surface area contributed by atoms with Crippen LogP contribution in [0.2, 0.25) is 5.02 Å². The number of aliphatic hydroxyl groups is 1. The summed E-state index contributed by atoms with van der Waals surface area (Å²) in [5.41, 5.74) is -0.106. The molecule has 3 nitrogen and oxygen atoms in total. The number of carbonyl (C=O) groups is 1. The first kappa shape index (κ1) is 14.1. The zero-order valence-corrected chi connectivity index (χ0v) is 12.2. The quantitative estimate of drug-likeness (QED) is 0.821. The Hall–Kier alpha value is -0.290. The summed E-state index contributed by atoms with van der Waals surface area (Å²) >= 11 is 13.2. The van der Waals surface area contributed by atoms with Crippen molar-refractivity contribution in [2.24, 2.45) is 5.41 Å². The Labute approximate surface area is 120 Å². The summed E-state index contributed by atoms with van der Waals surface area (Å²) in [6.07, 6.45) is 1.93. The molecule has 1 fully saturated rings. The van der Waals surface area contributed by atoms with Crippen LogP contribution in [0.15, 0.2) is 11.4 Å². The fraction of sp³-hybridized carbons (Fsp3) is 0.583. The minimum atomic E-state index is -0.110. The standard InChI is InChI=1S/C12H15Cl2NO2S/c13-5-11(17)15(7-12(8-16)2-3-12)6-10-9(14)1-4-18-10/h1,4,16H,2-3,5-8H2. The Balaban J connectivity index is 2.06. The molecular weight excluding hydrogens is 293 g/mol. The molecule has 0 saturated heterocycles. The van der Waals surface area contributed by atoms with E-state index in [0.717, 1.165) is 17.7 Å². The lowest BCUT2D eigenvalue weighted by molar-refractivity contribution is -0.130. The monoisotopic (exact) mass is 307 g/mol. The van der Waals surface area contributed by atoms with Gasteiger partial charge in [0.2, 0.25) is 5.91 Å². The van der Waals surface area contributed by atoms with Crippen LogP contribution in [-0.2, 0) is 11.3 Å². The molecule has 1 heterocycles. The minimum Gasteiger partial charge on any atom is -0.396 e. The molecule has 18 heavy (non-hydrogen) atoms. The van der Waals surface area contributed by atoms with Gasteiger partial charge in [0.05, 0.1) is 18.2 Å². The topological polar surface area (TPSA) is 40.5 Å². The van der Waals surface area contributed by atoms with Gasteiger partial charge in [-0.3, -0.25) is 4.79 Å². The van der Waals surface area contributed by atoms with Gasteiger partial charge in [0.1, 0.15) is 5.88 Å². The second kappa shape index (κ2) is 5.78. The predicted octanol–water partition coefficient (Wildman–Crippen LogP) is 2.74. The van der Waals surface area contributed by atoms with Gasteiger partial charge < -0.3 is 10.0 Å². The van der Waals surface area contributed by atoms with Crippen molar-refractivity contribution >= 4 is 40.4 Å². The van der Waals surface area contributed by atoms with Crippen LogP contribution in [0, 0.1) is 5.41 Å². The molecule has 0 radical (unpaired) electrons. The van der Waals surface area contributed by atoms with E-state index in [1.807, 2.05) is 11.4 Å². The van der Waals surface area contributed by atoms with Gasteiger partial charge in [0.15, 0.2) is 0 Å². The van der Waals surface area contributed by atoms with Crippen LogP contribution >= 0.6 is 34.5 Å². The highest BCUT2D eigenvalue weighted by molar-refractivity contribution is 7.10. The van der Waals surface area contributed by atoms with Crippen molar-refractivity contribution in [3.63, 3.8) is 0 Å². The highest BCUT2D eigenvalue weighted by Gasteiger charge is 2.44. The molecule has 0 aromatic carbocycles. The van der Waals surface area contributed by atoms with Gasteiger partial charge in [-0.05, 0) is 24.3 Å².